The van der Waals surface area contributed by atoms with Crippen molar-refractivity contribution >= 4 is 34.0 Å². The lowest BCUT2D eigenvalue weighted by Crippen LogP contribution is -2.12. The Morgan fingerprint density at radius 2 is 2.00 bits per heavy atom. The number of hydrogen-bond donors (Lipinski definition) is 1. The molecule has 2 aromatic heterocycles. The first-order valence-corrected chi connectivity index (χ1v) is 7.98. The summed E-state index contributed by atoms with van der Waals surface area (Å²) in [5.41, 5.74) is 3.49. The molecule has 6 heteroatoms. The molecule has 1 N–H and O–H groups in total. The topological polar surface area (TPSA) is 46.9 Å². The number of rotatable bonds is 3. The van der Waals surface area contributed by atoms with Crippen LogP contribution in [0.25, 0.3) is 5.69 Å². The molecule has 0 aliphatic rings. The van der Waals surface area contributed by atoms with Crippen LogP contribution in [0.1, 0.15) is 21.7 Å². The molecule has 1 amide bonds. The Bertz CT molecular complexity index is 807. The average Bonchev–Trinajstić information content (AvgIpc) is 3.09. The Hall–Kier alpha value is -2.11. The van der Waals surface area contributed by atoms with Crippen molar-refractivity contribution < 1.29 is 4.79 Å². The number of amides is 1. The molecule has 2 heterocycles. The number of thiazole rings is 1. The van der Waals surface area contributed by atoms with E-state index in [0.29, 0.717) is 15.7 Å². The smallest absolute Gasteiger partial charge is 0.259 e. The Morgan fingerprint density at radius 1 is 1.27 bits per heavy atom. The molecule has 3 aromatic rings. The van der Waals surface area contributed by atoms with E-state index < -0.39 is 0 Å². The van der Waals surface area contributed by atoms with Gasteiger partial charge in [-0.25, -0.2) is 4.98 Å². The SMILES string of the molecule is Cc1cc(C(=O)Nc2nccs2)c(C)n1-c1ccc(Cl)cc1. The second-order valence-corrected chi connectivity index (χ2v) is 6.22. The van der Waals surface area contributed by atoms with E-state index in [2.05, 4.69) is 10.3 Å². The van der Waals surface area contributed by atoms with Gasteiger partial charge in [-0.1, -0.05) is 11.6 Å². The number of carbonyl (C=O) groups is 1. The molecule has 0 aliphatic carbocycles. The van der Waals surface area contributed by atoms with E-state index in [1.54, 1.807) is 6.20 Å². The summed E-state index contributed by atoms with van der Waals surface area (Å²) in [5.74, 6) is -0.150. The number of carbonyl (C=O) groups excluding carboxylic acids is 1. The Balaban J connectivity index is 1.96. The van der Waals surface area contributed by atoms with Crippen molar-refractivity contribution in [2.24, 2.45) is 0 Å². The third-order valence-corrected chi connectivity index (χ3v) is 4.35. The molecule has 0 bridgehead atoms. The predicted octanol–water partition coefficient (Wildman–Crippen LogP) is 4.46. The molecule has 0 fully saturated rings. The highest BCUT2D eigenvalue weighted by molar-refractivity contribution is 7.13. The maximum Gasteiger partial charge on any atom is 0.259 e. The van der Waals surface area contributed by atoms with E-state index in [4.69, 9.17) is 11.6 Å². The number of aryl methyl sites for hydroxylation is 1. The molecule has 0 saturated carbocycles. The predicted molar refractivity (Wildman–Crippen MR) is 90.3 cm³/mol. The van der Waals surface area contributed by atoms with Crippen LogP contribution in [-0.2, 0) is 0 Å². The van der Waals surface area contributed by atoms with E-state index in [-0.39, 0.29) is 5.91 Å². The van der Waals surface area contributed by atoms with E-state index in [0.717, 1.165) is 17.1 Å². The van der Waals surface area contributed by atoms with Crippen molar-refractivity contribution in [1.29, 1.82) is 0 Å². The van der Waals surface area contributed by atoms with E-state index in [1.807, 2.05) is 54.1 Å². The minimum atomic E-state index is -0.150. The van der Waals surface area contributed by atoms with Crippen LogP contribution >= 0.6 is 22.9 Å². The normalized spacial score (nSPS) is 10.7. The second kappa shape index (κ2) is 5.94. The lowest BCUT2D eigenvalue weighted by atomic mass is 10.2. The summed E-state index contributed by atoms with van der Waals surface area (Å²) >= 11 is 7.33. The fourth-order valence-electron chi connectivity index (χ4n) is 2.43. The summed E-state index contributed by atoms with van der Waals surface area (Å²) in [5, 5.41) is 5.93. The van der Waals surface area contributed by atoms with Gasteiger partial charge in [-0.2, -0.15) is 0 Å². The summed E-state index contributed by atoms with van der Waals surface area (Å²) in [6.07, 6.45) is 1.66. The van der Waals surface area contributed by atoms with E-state index in [9.17, 15) is 4.79 Å². The van der Waals surface area contributed by atoms with Gasteiger partial charge in [0.2, 0.25) is 0 Å². The fourth-order valence-corrected chi connectivity index (χ4v) is 3.08. The summed E-state index contributed by atoms with van der Waals surface area (Å²) < 4.78 is 2.03. The molecular formula is C16H14ClN3OS. The highest BCUT2D eigenvalue weighted by atomic mass is 35.5. The van der Waals surface area contributed by atoms with Gasteiger partial charge in [0.15, 0.2) is 5.13 Å². The van der Waals surface area contributed by atoms with Crippen molar-refractivity contribution in [3.8, 4) is 5.69 Å². The zero-order valence-electron chi connectivity index (χ0n) is 12.1. The number of benzene rings is 1. The van der Waals surface area contributed by atoms with Gasteiger partial charge in [0.1, 0.15) is 0 Å². The first-order chi connectivity index (χ1) is 10.6. The summed E-state index contributed by atoms with van der Waals surface area (Å²) in [6.45, 7) is 3.90. The van der Waals surface area contributed by atoms with Crippen molar-refractivity contribution in [2.45, 2.75) is 13.8 Å². The van der Waals surface area contributed by atoms with Crippen molar-refractivity contribution in [3.63, 3.8) is 0 Å². The summed E-state index contributed by atoms with van der Waals surface area (Å²) in [6, 6.07) is 9.43. The molecule has 4 nitrogen and oxygen atoms in total. The number of halogens is 1. The highest BCUT2D eigenvalue weighted by Crippen LogP contribution is 2.23. The van der Waals surface area contributed by atoms with E-state index in [1.165, 1.54) is 11.3 Å². The van der Waals surface area contributed by atoms with Gasteiger partial charge in [-0.15, -0.1) is 11.3 Å². The molecule has 3 rings (SSSR count). The number of nitrogens with zero attached hydrogens (tertiary/aromatic N) is 2. The summed E-state index contributed by atoms with van der Waals surface area (Å²) in [4.78, 5) is 16.5. The molecule has 0 atom stereocenters. The minimum absolute atomic E-state index is 0.150. The second-order valence-electron chi connectivity index (χ2n) is 4.89. The molecule has 112 valence electrons. The van der Waals surface area contributed by atoms with Gasteiger partial charge in [0.25, 0.3) is 5.91 Å². The van der Waals surface area contributed by atoms with Crippen LogP contribution in [0.4, 0.5) is 5.13 Å². The van der Waals surface area contributed by atoms with Crippen LogP contribution in [0.3, 0.4) is 0 Å². The molecular weight excluding hydrogens is 318 g/mol. The monoisotopic (exact) mass is 331 g/mol. The maximum absolute atomic E-state index is 12.4. The first-order valence-electron chi connectivity index (χ1n) is 6.72. The number of anilines is 1. The van der Waals surface area contributed by atoms with E-state index >= 15 is 0 Å². The summed E-state index contributed by atoms with van der Waals surface area (Å²) in [7, 11) is 0. The molecule has 0 radical (unpaired) electrons. The first kappa shape index (κ1) is 14.8. The van der Waals surface area contributed by atoms with Gasteiger partial charge < -0.3 is 4.57 Å². The van der Waals surface area contributed by atoms with Crippen molar-refractivity contribution in [3.05, 3.63) is 63.9 Å². The number of nitrogens with one attached hydrogen (secondary N) is 1. The number of hydrogen-bond acceptors (Lipinski definition) is 3. The Morgan fingerprint density at radius 3 is 2.64 bits per heavy atom. The van der Waals surface area contributed by atoms with Gasteiger partial charge >= 0.3 is 0 Å². The Labute approximate surface area is 137 Å². The molecule has 0 saturated heterocycles. The van der Waals surface area contributed by atoms with Crippen LogP contribution < -0.4 is 5.32 Å². The molecule has 22 heavy (non-hydrogen) atoms. The lowest BCUT2D eigenvalue weighted by Gasteiger charge is -2.10. The number of aromatic nitrogens is 2. The van der Waals surface area contributed by atoms with Crippen molar-refractivity contribution in [2.75, 3.05) is 5.32 Å². The van der Waals surface area contributed by atoms with Gasteiger partial charge in [-0.3, -0.25) is 10.1 Å². The molecule has 0 unspecified atom stereocenters. The highest BCUT2D eigenvalue weighted by Gasteiger charge is 2.17. The minimum Gasteiger partial charge on any atom is -0.318 e. The average molecular weight is 332 g/mol. The van der Waals surface area contributed by atoms with Gasteiger partial charge in [0.05, 0.1) is 5.56 Å². The molecule has 0 spiro atoms. The van der Waals surface area contributed by atoms with Crippen LogP contribution in [-0.4, -0.2) is 15.5 Å². The third kappa shape index (κ3) is 2.77. The zero-order valence-corrected chi connectivity index (χ0v) is 13.7. The largest absolute Gasteiger partial charge is 0.318 e. The van der Waals surface area contributed by atoms with Crippen LogP contribution in [0.5, 0.6) is 0 Å². The lowest BCUT2D eigenvalue weighted by molar-refractivity contribution is 0.102. The van der Waals surface area contributed by atoms with Crippen LogP contribution in [0.15, 0.2) is 41.9 Å². The van der Waals surface area contributed by atoms with Crippen LogP contribution in [0.2, 0.25) is 5.02 Å². The third-order valence-electron chi connectivity index (χ3n) is 3.41. The van der Waals surface area contributed by atoms with Gasteiger partial charge in [0, 0.05) is 33.7 Å². The molecule has 1 aromatic carbocycles. The van der Waals surface area contributed by atoms with Crippen LogP contribution in [0, 0.1) is 13.8 Å². The maximum atomic E-state index is 12.4. The Kier molecular flexibility index (Phi) is 4.00. The molecule has 0 aliphatic heterocycles. The van der Waals surface area contributed by atoms with Gasteiger partial charge in [-0.05, 0) is 44.2 Å². The van der Waals surface area contributed by atoms with Crippen molar-refractivity contribution in [1.82, 2.24) is 9.55 Å². The quantitative estimate of drug-likeness (QED) is 0.770. The zero-order chi connectivity index (χ0) is 15.7. The fraction of sp³-hybridized carbons (Fsp3) is 0.125. The standard InChI is InChI=1S/C16H14ClN3OS/c1-10-9-14(15(21)19-16-18-7-8-22-16)11(2)20(10)13-5-3-12(17)4-6-13/h3-9H,1-2H3,(H,18,19,21).